The molecule has 8 heteroatoms. The highest BCUT2D eigenvalue weighted by atomic mass is 32.2. The summed E-state index contributed by atoms with van der Waals surface area (Å²) in [5.74, 6) is -0.302. The number of hydrogen-bond donors (Lipinski definition) is 1. The molecule has 0 radical (unpaired) electrons. The van der Waals surface area contributed by atoms with Crippen molar-refractivity contribution in [3.63, 3.8) is 0 Å². The number of rotatable bonds is 2. The van der Waals surface area contributed by atoms with E-state index in [-0.39, 0.29) is 33.4 Å². The summed E-state index contributed by atoms with van der Waals surface area (Å²) in [5.41, 5.74) is -0.0322. The summed E-state index contributed by atoms with van der Waals surface area (Å²) in [7, 11) is -4.91. The summed E-state index contributed by atoms with van der Waals surface area (Å²) in [6, 6.07) is 12.0. The molecule has 0 bridgehead atoms. The first-order valence-electron chi connectivity index (χ1n) is 7.16. The Bertz CT molecular complexity index is 1210. The van der Waals surface area contributed by atoms with Crippen LogP contribution < -0.4 is 0 Å². The minimum absolute atomic E-state index is 0.0162. The molecule has 1 N–H and O–H groups in total. The number of hydrogen-bond acceptors (Lipinski definition) is 5. The van der Waals surface area contributed by atoms with Gasteiger partial charge in [0.15, 0.2) is 10.7 Å². The lowest BCUT2D eigenvalue weighted by atomic mass is 9.82. The number of nitrogens with zero attached hydrogens (tertiary/aromatic N) is 1. The Labute approximate surface area is 141 Å². The second-order valence-corrected chi connectivity index (χ2v) is 6.97. The average molecular weight is 355 g/mol. The van der Waals surface area contributed by atoms with E-state index in [1.54, 1.807) is 24.3 Å². The maximum Gasteiger partial charge on any atom is 0.302 e. The highest BCUT2D eigenvalue weighted by Gasteiger charge is 2.36. The number of benzene rings is 3. The zero-order valence-corrected chi connectivity index (χ0v) is 13.3. The van der Waals surface area contributed by atoms with Crippen LogP contribution in [0.3, 0.4) is 0 Å². The van der Waals surface area contributed by atoms with Crippen molar-refractivity contribution >= 4 is 32.4 Å². The standard InChI is InChI=1S/C17H9NO6S/c19-16-11-6-2-1-5-10(11)15-14-9(4-3-7-12(14)16)8-13(18(20)21)17(15)25(22,23)24/h1-8H,(H,22,23,24). The first kappa shape index (κ1) is 15.4. The summed E-state index contributed by atoms with van der Waals surface area (Å²) in [4.78, 5) is 22.5. The van der Waals surface area contributed by atoms with Crippen LogP contribution >= 0.6 is 0 Å². The topological polar surface area (TPSA) is 115 Å². The smallest absolute Gasteiger partial charge is 0.289 e. The van der Waals surface area contributed by atoms with Gasteiger partial charge < -0.3 is 0 Å². The molecule has 25 heavy (non-hydrogen) atoms. The van der Waals surface area contributed by atoms with Crippen LogP contribution in [0.4, 0.5) is 5.69 Å². The molecule has 4 rings (SSSR count). The van der Waals surface area contributed by atoms with Crippen molar-refractivity contribution < 1.29 is 22.7 Å². The van der Waals surface area contributed by atoms with Gasteiger partial charge in [-0.2, -0.15) is 8.42 Å². The first-order chi connectivity index (χ1) is 11.8. The van der Waals surface area contributed by atoms with Crippen molar-refractivity contribution in [1.82, 2.24) is 0 Å². The lowest BCUT2D eigenvalue weighted by Gasteiger charge is -2.21. The van der Waals surface area contributed by atoms with Crippen LogP contribution in [0.25, 0.3) is 21.9 Å². The molecule has 1 aliphatic carbocycles. The van der Waals surface area contributed by atoms with Gasteiger partial charge in [0, 0.05) is 28.1 Å². The van der Waals surface area contributed by atoms with Crippen LogP contribution in [0.1, 0.15) is 15.9 Å². The van der Waals surface area contributed by atoms with Crippen LogP contribution in [0, 0.1) is 10.1 Å². The SMILES string of the molecule is O=C1c2ccccc2-c2c(S(=O)(=O)O)c([N+](=O)[O-])cc3cccc1c23. The van der Waals surface area contributed by atoms with E-state index in [9.17, 15) is 27.9 Å². The molecule has 3 aromatic carbocycles. The van der Waals surface area contributed by atoms with E-state index in [1.807, 2.05) is 0 Å². The highest BCUT2D eigenvalue weighted by molar-refractivity contribution is 7.86. The van der Waals surface area contributed by atoms with Crippen molar-refractivity contribution in [3.8, 4) is 11.1 Å². The zero-order valence-electron chi connectivity index (χ0n) is 12.5. The minimum Gasteiger partial charge on any atom is -0.289 e. The third-order valence-corrected chi connectivity index (χ3v) is 5.17. The van der Waals surface area contributed by atoms with Crippen molar-refractivity contribution in [2.75, 3.05) is 0 Å². The van der Waals surface area contributed by atoms with Gasteiger partial charge in [0.25, 0.3) is 5.69 Å². The van der Waals surface area contributed by atoms with E-state index >= 15 is 0 Å². The zero-order chi connectivity index (χ0) is 17.9. The molecule has 0 amide bonds. The van der Waals surface area contributed by atoms with E-state index in [1.165, 1.54) is 18.2 Å². The highest BCUT2D eigenvalue weighted by Crippen LogP contribution is 2.46. The van der Waals surface area contributed by atoms with Crippen LogP contribution in [0.5, 0.6) is 0 Å². The summed E-state index contributed by atoms with van der Waals surface area (Å²) in [6.45, 7) is 0. The summed E-state index contributed by atoms with van der Waals surface area (Å²) < 4.78 is 33.6. The molecule has 0 aromatic heterocycles. The summed E-state index contributed by atoms with van der Waals surface area (Å²) >= 11 is 0. The monoisotopic (exact) mass is 355 g/mol. The molecule has 1 aliphatic rings. The fourth-order valence-electron chi connectivity index (χ4n) is 3.31. The van der Waals surface area contributed by atoms with Gasteiger partial charge in [-0.25, -0.2) is 0 Å². The van der Waals surface area contributed by atoms with E-state index in [2.05, 4.69) is 0 Å². The summed E-state index contributed by atoms with van der Waals surface area (Å²) in [5, 5.41) is 12.1. The number of fused-ring (bicyclic) bond motifs is 2. The van der Waals surface area contributed by atoms with E-state index < -0.39 is 25.6 Å². The molecule has 0 fully saturated rings. The molecule has 0 saturated heterocycles. The predicted molar refractivity (Wildman–Crippen MR) is 89.3 cm³/mol. The van der Waals surface area contributed by atoms with Gasteiger partial charge >= 0.3 is 10.1 Å². The maximum absolute atomic E-state index is 12.7. The van der Waals surface area contributed by atoms with Gasteiger partial charge in [-0.1, -0.05) is 42.5 Å². The number of carbonyl (C=O) groups excluding carboxylic acids is 1. The molecule has 3 aromatic rings. The Morgan fingerprint density at radius 2 is 1.60 bits per heavy atom. The molecule has 0 heterocycles. The van der Waals surface area contributed by atoms with Gasteiger partial charge in [0.2, 0.25) is 0 Å². The molecule has 0 aliphatic heterocycles. The van der Waals surface area contributed by atoms with Gasteiger partial charge in [0.05, 0.1) is 4.92 Å². The van der Waals surface area contributed by atoms with E-state index in [0.29, 0.717) is 5.39 Å². The van der Waals surface area contributed by atoms with E-state index in [4.69, 9.17) is 0 Å². The largest absolute Gasteiger partial charge is 0.302 e. The number of nitro benzene ring substituents is 1. The predicted octanol–water partition coefficient (Wildman–Crippen LogP) is 3.21. The molecule has 0 saturated carbocycles. The first-order valence-corrected chi connectivity index (χ1v) is 8.60. The van der Waals surface area contributed by atoms with Crippen molar-refractivity contribution in [1.29, 1.82) is 0 Å². The van der Waals surface area contributed by atoms with Gasteiger partial charge in [-0.3, -0.25) is 19.5 Å². The molecule has 0 unspecified atom stereocenters. The maximum atomic E-state index is 12.7. The lowest BCUT2D eigenvalue weighted by Crippen LogP contribution is -2.14. The molecule has 7 nitrogen and oxygen atoms in total. The van der Waals surface area contributed by atoms with Crippen molar-refractivity contribution in [2.24, 2.45) is 0 Å². The van der Waals surface area contributed by atoms with Gasteiger partial charge in [0.1, 0.15) is 0 Å². The molecule has 0 atom stereocenters. The molecule has 0 spiro atoms. The number of carbonyl (C=O) groups is 1. The molecular weight excluding hydrogens is 346 g/mol. The number of ketones is 1. The quantitative estimate of drug-likeness (QED) is 0.335. The van der Waals surface area contributed by atoms with Crippen LogP contribution in [-0.2, 0) is 10.1 Å². The molecular formula is C17H9NO6S. The third-order valence-electron chi connectivity index (χ3n) is 4.24. The number of nitro groups is 1. The Morgan fingerprint density at radius 3 is 2.24 bits per heavy atom. The Hall–Kier alpha value is -3.10. The second-order valence-electron chi connectivity index (χ2n) is 5.61. The normalized spacial score (nSPS) is 12.9. The Kier molecular flexibility index (Phi) is 3.05. The minimum atomic E-state index is -4.91. The third kappa shape index (κ3) is 2.08. The summed E-state index contributed by atoms with van der Waals surface area (Å²) in [6.07, 6.45) is 0. The van der Waals surface area contributed by atoms with Crippen molar-refractivity contribution in [3.05, 3.63) is 69.8 Å². The van der Waals surface area contributed by atoms with E-state index in [0.717, 1.165) is 6.07 Å². The van der Waals surface area contributed by atoms with Crippen LogP contribution in [-0.4, -0.2) is 23.7 Å². The average Bonchev–Trinajstić information content (AvgIpc) is 2.57. The second kappa shape index (κ2) is 4.95. The van der Waals surface area contributed by atoms with Crippen molar-refractivity contribution in [2.45, 2.75) is 4.90 Å². The van der Waals surface area contributed by atoms with Gasteiger partial charge in [-0.05, 0) is 10.9 Å². The van der Waals surface area contributed by atoms with Crippen LogP contribution in [0.2, 0.25) is 0 Å². The van der Waals surface area contributed by atoms with Crippen LogP contribution in [0.15, 0.2) is 53.4 Å². The fraction of sp³-hybridized carbons (Fsp3) is 0. The van der Waals surface area contributed by atoms with Gasteiger partial charge in [-0.15, -0.1) is 0 Å². The Balaban J connectivity index is 2.37. The lowest BCUT2D eigenvalue weighted by molar-refractivity contribution is -0.387. The Morgan fingerprint density at radius 1 is 0.960 bits per heavy atom. The fourth-order valence-corrected chi connectivity index (χ4v) is 4.18. The molecule has 124 valence electrons.